The van der Waals surface area contributed by atoms with Crippen molar-refractivity contribution < 1.29 is 0 Å². The van der Waals surface area contributed by atoms with Crippen molar-refractivity contribution in [1.82, 2.24) is 9.97 Å². The molecule has 0 saturated carbocycles. The molecule has 0 aliphatic rings. The average Bonchev–Trinajstić information content (AvgIpc) is 3.39. The van der Waals surface area contributed by atoms with E-state index in [-0.39, 0.29) is 0 Å². The van der Waals surface area contributed by atoms with E-state index in [2.05, 4.69) is 39.3 Å². The number of nitrogens with zero attached hydrogens (tertiary/aromatic N) is 2. The molecule has 0 bridgehead atoms. The summed E-state index contributed by atoms with van der Waals surface area (Å²) in [6, 6.07) is 22.2. The normalized spacial score (nSPS) is 10.4. The molecule has 0 spiro atoms. The number of nitrogens with one attached hydrogen (secondary N) is 2. The Morgan fingerprint density at radius 2 is 1.90 bits per heavy atom. The standard InChI is InChI=1S/C24H14N4S/c25-14-18-15-27-24-21(13-20(29-24)8-6-16-4-2-1-3-5-16)23(18)28-19-7-9-22-17(12-19)10-11-26-22/h1-5,7,9-13,15,26H,(H,27,28). The minimum Gasteiger partial charge on any atom is -0.361 e. The third kappa shape index (κ3) is 3.32. The average molecular weight is 390 g/mol. The van der Waals surface area contributed by atoms with E-state index in [0.717, 1.165) is 42.9 Å². The maximum atomic E-state index is 9.59. The maximum absolute atomic E-state index is 9.59. The maximum Gasteiger partial charge on any atom is 0.126 e. The predicted octanol–water partition coefficient (Wildman–Crippen LogP) is 5.79. The number of hydrogen-bond donors (Lipinski definition) is 2. The molecular formula is C24H14N4S. The van der Waals surface area contributed by atoms with E-state index in [9.17, 15) is 5.26 Å². The van der Waals surface area contributed by atoms with Gasteiger partial charge in [-0.2, -0.15) is 5.26 Å². The summed E-state index contributed by atoms with van der Waals surface area (Å²) >= 11 is 1.53. The van der Waals surface area contributed by atoms with Gasteiger partial charge < -0.3 is 10.3 Å². The van der Waals surface area contributed by atoms with Gasteiger partial charge in [-0.3, -0.25) is 0 Å². The molecule has 0 unspecified atom stereocenters. The van der Waals surface area contributed by atoms with Crippen LogP contribution < -0.4 is 5.32 Å². The van der Waals surface area contributed by atoms with Crippen LogP contribution in [0.5, 0.6) is 0 Å². The van der Waals surface area contributed by atoms with Gasteiger partial charge in [0.15, 0.2) is 0 Å². The number of anilines is 2. The summed E-state index contributed by atoms with van der Waals surface area (Å²) in [7, 11) is 0. The SMILES string of the molecule is N#Cc1cnc2sc(C#Cc3ccccc3)cc2c1Nc1ccc2[nH]ccc2c1. The van der Waals surface area contributed by atoms with Crippen LogP contribution in [0.2, 0.25) is 0 Å². The van der Waals surface area contributed by atoms with Gasteiger partial charge in [0, 0.05) is 39.9 Å². The second-order valence-corrected chi connectivity index (χ2v) is 7.54. The van der Waals surface area contributed by atoms with E-state index >= 15 is 0 Å². The summed E-state index contributed by atoms with van der Waals surface area (Å²) in [6.07, 6.45) is 3.53. The molecule has 0 radical (unpaired) electrons. The summed E-state index contributed by atoms with van der Waals surface area (Å²) in [5.74, 6) is 6.39. The van der Waals surface area contributed by atoms with Crippen molar-refractivity contribution in [2.24, 2.45) is 0 Å². The van der Waals surface area contributed by atoms with Crippen LogP contribution in [0.1, 0.15) is 16.0 Å². The number of hydrogen-bond acceptors (Lipinski definition) is 4. The van der Waals surface area contributed by atoms with Crippen LogP contribution in [0.4, 0.5) is 11.4 Å². The quantitative estimate of drug-likeness (QED) is 0.375. The topological polar surface area (TPSA) is 64.5 Å². The van der Waals surface area contributed by atoms with E-state index < -0.39 is 0 Å². The summed E-state index contributed by atoms with van der Waals surface area (Å²) in [5, 5.41) is 15.0. The van der Waals surface area contributed by atoms with Crippen molar-refractivity contribution in [3.63, 3.8) is 0 Å². The van der Waals surface area contributed by atoms with Crippen molar-refractivity contribution in [3.8, 4) is 17.9 Å². The molecule has 2 N–H and O–H groups in total. The molecule has 5 rings (SSSR count). The molecule has 5 aromatic rings. The van der Waals surface area contributed by atoms with Crippen LogP contribution in [0.25, 0.3) is 21.1 Å². The van der Waals surface area contributed by atoms with E-state index in [1.807, 2.05) is 60.8 Å². The Kier molecular flexibility index (Phi) is 4.22. The molecule has 136 valence electrons. The number of H-pyrrole nitrogens is 1. The zero-order chi connectivity index (χ0) is 19.6. The Balaban J connectivity index is 1.57. The molecule has 4 nitrogen and oxygen atoms in total. The fourth-order valence-electron chi connectivity index (χ4n) is 3.20. The summed E-state index contributed by atoms with van der Waals surface area (Å²) in [5.41, 5.74) is 4.23. The highest BCUT2D eigenvalue weighted by Gasteiger charge is 2.12. The van der Waals surface area contributed by atoms with Crippen molar-refractivity contribution >= 4 is 43.8 Å². The molecular weight excluding hydrogens is 376 g/mol. The fraction of sp³-hybridized carbons (Fsp3) is 0. The predicted molar refractivity (Wildman–Crippen MR) is 118 cm³/mol. The smallest absolute Gasteiger partial charge is 0.126 e. The van der Waals surface area contributed by atoms with Crippen LogP contribution in [0.15, 0.2) is 73.1 Å². The first kappa shape index (κ1) is 17.1. The van der Waals surface area contributed by atoms with Gasteiger partial charge in [0.2, 0.25) is 0 Å². The third-order valence-electron chi connectivity index (χ3n) is 4.61. The summed E-state index contributed by atoms with van der Waals surface area (Å²) < 4.78 is 0. The van der Waals surface area contributed by atoms with Gasteiger partial charge in [-0.25, -0.2) is 4.98 Å². The second-order valence-electron chi connectivity index (χ2n) is 6.51. The molecule has 0 atom stereocenters. The lowest BCUT2D eigenvalue weighted by Crippen LogP contribution is -1.95. The molecule has 0 fully saturated rings. The highest BCUT2D eigenvalue weighted by Crippen LogP contribution is 2.34. The Morgan fingerprint density at radius 1 is 1.00 bits per heavy atom. The first-order valence-electron chi connectivity index (χ1n) is 9.04. The van der Waals surface area contributed by atoms with Gasteiger partial charge in [-0.15, -0.1) is 11.3 Å². The third-order valence-corrected chi connectivity index (χ3v) is 5.57. The highest BCUT2D eigenvalue weighted by molar-refractivity contribution is 7.19. The van der Waals surface area contributed by atoms with Crippen LogP contribution in [0.3, 0.4) is 0 Å². The molecule has 0 aliphatic heterocycles. The Bertz CT molecular complexity index is 1440. The molecule has 0 aliphatic carbocycles. The van der Waals surface area contributed by atoms with Crippen molar-refractivity contribution in [2.75, 3.05) is 5.32 Å². The molecule has 5 heteroatoms. The number of benzene rings is 2. The van der Waals surface area contributed by atoms with Gasteiger partial charge in [0.25, 0.3) is 0 Å². The zero-order valence-electron chi connectivity index (χ0n) is 15.2. The Hall–Kier alpha value is -4.06. The number of thiophene rings is 1. The van der Waals surface area contributed by atoms with Gasteiger partial charge in [-0.05, 0) is 42.5 Å². The lowest BCUT2D eigenvalue weighted by Gasteiger charge is -2.09. The van der Waals surface area contributed by atoms with Gasteiger partial charge in [0.05, 0.1) is 16.1 Å². The second kappa shape index (κ2) is 7.16. The molecule has 3 heterocycles. The number of aromatic nitrogens is 2. The minimum absolute atomic E-state index is 0.507. The highest BCUT2D eigenvalue weighted by atomic mass is 32.1. The van der Waals surface area contributed by atoms with Crippen molar-refractivity contribution in [2.45, 2.75) is 0 Å². The van der Waals surface area contributed by atoms with E-state index in [1.165, 1.54) is 11.3 Å². The molecule has 2 aromatic carbocycles. The van der Waals surface area contributed by atoms with Crippen LogP contribution in [0, 0.1) is 23.2 Å². The molecule has 3 aromatic heterocycles. The van der Waals surface area contributed by atoms with Crippen LogP contribution >= 0.6 is 11.3 Å². The summed E-state index contributed by atoms with van der Waals surface area (Å²) in [6.45, 7) is 0. The first-order valence-corrected chi connectivity index (χ1v) is 9.86. The number of rotatable bonds is 2. The van der Waals surface area contributed by atoms with E-state index in [0.29, 0.717) is 5.56 Å². The minimum atomic E-state index is 0.507. The largest absolute Gasteiger partial charge is 0.361 e. The summed E-state index contributed by atoms with van der Waals surface area (Å²) in [4.78, 5) is 9.41. The zero-order valence-corrected chi connectivity index (χ0v) is 16.0. The monoisotopic (exact) mass is 390 g/mol. The van der Waals surface area contributed by atoms with Crippen LogP contribution in [-0.4, -0.2) is 9.97 Å². The van der Waals surface area contributed by atoms with Crippen molar-refractivity contribution in [1.29, 1.82) is 5.26 Å². The lowest BCUT2D eigenvalue weighted by atomic mass is 10.1. The van der Waals surface area contributed by atoms with Gasteiger partial charge in [0.1, 0.15) is 10.9 Å². The first-order chi connectivity index (χ1) is 14.3. The number of pyridine rings is 1. The molecule has 29 heavy (non-hydrogen) atoms. The van der Waals surface area contributed by atoms with Gasteiger partial charge >= 0.3 is 0 Å². The Morgan fingerprint density at radius 3 is 2.76 bits per heavy atom. The van der Waals surface area contributed by atoms with E-state index in [1.54, 1.807) is 6.20 Å². The van der Waals surface area contributed by atoms with E-state index in [4.69, 9.17) is 0 Å². The molecule has 0 amide bonds. The number of fused-ring (bicyclic) bond motifs is 2. The Labute approximate surface area is 171 Å². The van der Waals surface area contributed by atoms with Crippen LogP contribution in [-0.2, 0) is 0 Å². The lowest BCUT2D eigenvalue weighted by molar-refractivity contribution is 1.38. The van der Waals surface area contributed by atoms with Crippen molar-refractivity contribution in [3.05, 3.63) is 89.1 Å². The van der Waals surface area contributed by atoms with Gasteiger partial charge in [-0.1, -0.05) is 30.0 Å². The number of nitriles is 1. The molecule has 0 saturated heterocycles. The fourth-order valence-corrected chi connectivity index (χ4v) is 4.06. The number of aromatic amines is 1.